The largest absolute Gasteiger partial charge is 0.490 e. The van der Waals surface area contributed by atoms with Crippen molar-refractivity contribution in [1.29, 1.82) is 0 Å². The second kappa shape index (κ2) is 11.1. The Morgan fingerprint density at radius 1 is 1.29 bits per heavy atom. The maximum Gasteiger partial charge on any atom is 0.335 e. The van der Waals surface area contributed by atoms with Crippen molar-refractivity contribution >= 4 is 35.2 Å². The van der Waals surface area contributed by atoms with E-state index in [0.29, 0.717) is 24.4 Å². The number of aryl methyl sites for hydroxylation is 1. The zero-order chi connectivity index (χ0) is 28.9. The first-order valence-electron chi connectivity index (χ1n) is 14.7. The van der Waals surface area contributed by atoms with Crippen LogP contribution in [0.5, 0.6) is 5.75 Å². The second-order valence-electron chi connectivity index (χ2n) is 13.2. The third-order valence-electron chi connectivity index (χ3n) is 10.3. The van der Waals surface area contributed by atoms with Gasteiger partial charge in [0.15, 0.2) is 0 Å². The zero-order valence-corrected chi connectivity index (χ0v) is 25.8. The van der Waals surface area contributed by atoms with Gasteiger partial charge in [0.05, 0.1) is 24.0 Å². The molecule has 4 aliphatic rings. The van der Waals surface area contributed by atoms with Crippen molar-refractivity contribution in [2.45, 2.75) is 57.5 Å². The molecule has 0 aromatic heterocycles. The van der Waals surface area contributed by atoms with Crippen molar-refractivity contribution < 1.29 is 19.4 Å². The van der Waals surface area contributed by atoms with Crippen LogP contribution in [0.3, 0.4) is 0 Å². The Balaban J connectivity index is 1.27. The minimum absolute atomic E-state index is 0.127. The van der Waals surface area contributed by atoms with Gasteiger partial charge in [-0.3, -0.25) is 5.14 Å². The molecular weight excluding hydrogens is 556 g/mol. The standard InChI is InChI=1S/C33H41ClN2O4S/c1-32(2,19-41-35)24-12-23(13-24)30(39-3)26-7-4-22(26)16-36-17-33(11-10-20-14-25(34)6-8-27(20)33)18-40-29-9-5-21(31(37)38)15-28(29)36/h5-6,8-9,12,14-15,22,24,26,30H,4,7,10-11,13,16-19,35H2,1-3H3,(H,37,38). The number of carbonyl (C=O) groups is 1. The topological polar surface area (TPSA) is 85.0 Å². The van der Waals surface area contributed by atoms with E-state index in [2.05, 4.69) is 37.0 Å². The zero-order valence-electron chi connectivity index (χ0n) is 24.2. The fourth-order valence-electron chi connectivity index (χ4n) is 7.62. The number of nitrogens with two attached hydrogens (primary N) is 1. The van der Waals surface area contributed by atoms with Crippen LogP contribution in [0.15, 0.2) is 48.0 Å². The number of ether oxygens (including phenoxy) is 2. The number of nitrogens with zero attached hydrogens (tertiary/aromatic N) is 1. The lowest BCUT2D eigenvalue weighted by atomic mass is 9.62. The van der Waals surface area contributed by atoms with Gasteiger partial charge in [0, 0.05) is 36.4 Å². The second-order valence-corrected chi connectivity index (χ2v) is 14.3. The van der Waals surface area contributed by atoms with Crippen molar-refractivity contribution in [1.82, 2.24) is 0 Å². The Morgan fingerprint density at radius 3 is 2.78 bits per heavy atom. The van der Waals surface area contributed by atoms with E-state index in [1.54, 1.807) is 12.1 Å². The van der Waals surface area contributed by atoms with E-state index in [0.717, 1.165) is 67.4 Å². The summed E-state index contributed by atoms with van der Waals surface area (Å²) in [7, 11) is 1.85. The first kappa shape index (κ1) is 28.9. The van der Waals surface area contributed by atoms with Gasteiger partial charge in [0.2, 0.25) is 0 Å². The molecule has 2 aromatic rings. The number of anilines is 1. The van der Waals surface area contributed by atoms with E-state index in [1.807, 2.05) is 19.2 Å². The third-order valence-corrected chi connectivity index (χ3v) is 11.5. The molecule has 1 fully saturated rings. The lowest BCUT2D eigenvalue weighted by Crippen LogP contribution is -2.49. The average Bonchev–Trinajstić information content (AvgIpc) is 3.15. The highest BCUT2D eigenvalue weighted by Crippen LogP contribution is 2.50. The molecule has 0 bridgehead atoms. The number of methoxy groups -OCH3 is 1. The minimum atomic E-state index is -0.920. The number of benzene rings is 2. The lowest BCUT2D eigenvalue weighted by molar-refractivity contribution is -0.00178. The quantitative estimate of drug-likeness (QED) is 0.245. The summed E-state index contributed by atoms with van der Waals surface area (Å²) in [6, 6.07) is 11.5. The summed E-state index contributed by atoms with van der Waals surface area (Å²) < 4.78 is 12.6. The van der Waals surface area contributed by atoms with Crippen LogP contribution in [0.2, 0.25) is 5.02 Å². The molecule has 0 amide bonds. The predicted octanol–water partition coefficient (Wildman–Crippen LogP) is 6.74. The van der Waals surface area contributed by atoms with Gasteiger partial charge >= 0.3 is 5.97 Å². The molecule has 1 saturated carbocycles. The molecule has 220 valence electrons. The molecule has 6 rings (SSSR count). The molecular formula is C33H41ClN2O4S. The Kier molecular flexibility index (Phi) is 7.86. The number of hydrogen-bond acceptors (Lipinski definition) is 6. The summed E-state index contributed by atoms with van der Waals surface area (Å²) in [5.41, 5.74) is 5.20. The summed E-state index contributed by atoms with van der Waals surface area (Å²) in [6.45, 7) is 6.80. The highest BCUT2D eigenvalue weighted by molar-refractivity contribution is 7.97. The minimum Gasteiger partial charge on any atom is -0.490 e. The number of carboxylic acid groups (broad SMARTS) is 1. The Labute approximate surface area is 252 Å². The van der Waals surface area contributed by atoms with Gasteiger partial charge in [-0.05, 0) is 102 Å². The van der Waals surface area contributed by atoms with Crippen LogP contribution in [0.4, 0.5) is 5.69 Å². The number of hydrogen-bond donors (Lipinski definition) is 2. The molecule has 3 N–H and O–H groups in total. The van der Waals surface area contributed by atoms with Gasteiger partial charge in [0.1, 0.15) is 5.75 Å². The van der Waals surface area contributed by atoms with Crippen LogP contribution in [0.25, 0.3) is 0 Å². The molecule has 5 atom stereocenters. The molecule has 3 aliphatic carbocycles. The van der Waals surface area contributed by atoms with Gasteiger partial charge in [-0.25, -0.2) is 4.79 Å². The van der Waals surface area contributed by atoms with Crippen LogP contribution in [0.1, 0.15) is 61.0 Å². The highest BCUT2D eigenvalue weighted by atomic mass is 35.5. The third kappa shape index (κ3) is 5.28. The first-order valence-corrected chi connectivity index (χ1v) is 16.2. The SMILES string of the molecule is COC(C1=CC(C(C)(C)CSN)C1)C1CCC1CN1CC2(CCc3cc(Cl)ccc32)COc2ccc(C(=O)O)cc21. The summed E-state index contributed by atoms with van der Waals surface area (Å²) in [4.78, 5) is 14.4. The van der Waals surface area contributed by atoms with E-state index in [1.165, 1.54) is 28.6 Å². The number of carboxylic acids is 1. The number of fused-ring (bicyclic) bond motifs is 3. The average molecular weight is 597 g/mol. The summed E-state index contributed by atoms with van der Waals surface area (Å²) >= 11 is 7.78. The molecule has 41 heavy (non-hydrogen) atoms. The number of halogens is 1. The number of rotatable bonds is 9. The smallest absolute Gasteiger partial charge is 0.335 e. The van der Waals surface area contributed by atoms with Crippen molar-refractivity contribution in [3.63, 3.8) is 0 Å². The molecule has 2 aromatic carbocycles. The molecule has 8 heteroatoms. The first-order chi connectivity index (χ1) is 19.6. The molecule has 1 heterocycles. The van der Waals surface area contributed by atoms with Crippen LogP contribution >= 0.6 is 23.5 Å². The van der Waals surface area contributed by atoms with Crippen molar-refractivity contribution in [2.75, 3.05) is 37.5 Å². The number of aromatic carboxylic acids is 1. The van der Waals surface area contributed by atoms with Gasteiger partial charge in [-0.1, -0.05) is 49.5 Å². The molecule has 0 radical (unpaired) electrons. The van der Waals surface area contributed by atoms with Gasteiger partial charge in [-0.2, -0.15) is 0 Å². The number of allylic oxidation sites excluding steroid dienone is 1. The maximum atomic E-state index is 11.9. The molecule has 6 nitrogen and oxygen atoms in total. The van der Waals surface area contributed by atoms with Gasteiger partial charge < -0.3 is 19.5 Å². The Morgan fingerprint density at radius 2 is 2.10 bits per heavy atom. The van der Waals surface area contributed by atoms with E-state index >= 15 is 0 Å². The molecule has 5 unspecified atom stereocenters. The van der Waals surface area contributed by atoms with Crippen molar-refractivity contribution in [2.24, 2.45) is 28.3 Å². The summed E-state index contributed by atoms with van der Waals surface area (Å²) in [5.74, 6) is 2.21. The van der Waals surface area contributed by atoms with Crippen LogP contribution in [-0.2, 0) is 16.6 Å². The molecule has 1 spiro atoms. The van der Waals surface area contributed by atoms with E-state index in [-0.39, 0.29) is 22.5 Å². The Bertz CT molecular complexity index is 1360. The van der Waals surface area contributed by atoms with E-state index in [9.17, 15) is 9.90 Å². The summed E-state index contributed by atoms with van der Waals surface area (Å²) in [6.07, 6.45) is 7.87. The maximum absolute atomic E-state index is 11.9. The van der Waals surface area contributed by atoms with Crippen LogP contribution in [-0.4, -0.2) is 49.7 Å². The van der Waals surface area contributed by atoms with E-state index in [4.69, 9.17) is 26.2 Å². The van der Waals surface area contributed by atoms with Crippen molar-refractivity contribution in [3.8, 4) is 5.75 Å². The fraction of sp³-hybridized carbons (Fsp3) is 0.545. The fourth-order valence-corrected chi connectivity index (χ4v) is 8.46. The molecule has 1 aliphatic heterocycles. The van der Waals surface area contributed by atoms with Gasteiger partial charge in [0.25, 0.3) is 0 Å². The Hall–Kier alpha value is -2.19. The predicted molar refractivity (Wildman–Crippen MR) is 166 cm³/mol. The van der Waals surface area contributed by atoms with E-state index < -0.39 is 5.97 Å². The van der Waals surface area contributed by atoms with Crippen LogP contribution < -0.4 is 14.8 Å². The molecule has 0 saturated heterocycles. The van der Waals surface area contributed by atoms with Crippen molar-refractivity contribution in [3.05, 3.63) is 69.8 Å². The summed E-state index contributed by atoms with van der Waals surface area (Å²) in [5, 5.41) is 16.4. The lowest BCUT2D eigenvalue weighted by Gasteiger charge is -2.48. The van der Waals surface area contributed by atoms with Gasteiger partial charge in [-0.15, -0.1) is 0 Å². The normalized spacial score (nSPS) is 27.6. The highest BCUT2D eigenvalue weighted by Gasteiger charge is 2.47. The monoisotopic (exact) mass is 596 g/mol. The van der Waals surface area contributed by atoms with Crippen LogP contribution in [0, 0.1) is 23.2 Å².